The van der Waals surface area contributed by atoms with Gasteiger partial charge in [-0.05, 0) is 25.0 Å². The molecule has 0 fully saturated rings. The lowest BCUT2D eigenvalue weighted by Gasteiger charge is -2.14. The Morgan fingerprint density at radius 3 is 2.67 bits per heavy atom. The Hall–Kier alpha value is -1.51. The predicted molar refractivity (Wildman–Crippen MR) is 64.3 cm³/mol. The average molecular weight is 256 g/mol. The Bertz CT molecular complexity index is 444. The van der Waals surface area contributed by atoms with Crippen molar-refractivity contribution in [2.45, 2.75) is 32.0 Å². The lowest BCUT2D eigenvalue weighted by molar-refractivity contribution is -0.137. The Labute approximate surface area is 104 Å². The van der Waals surface area contributed by atoms with Crippen molar-refractivity contribution in [1.29, 1.82) is 0 Å². The van der Waals surface area contributed by atoms with Gasteiger partial charge >= 0.3 is 6.18 Å². The minimum absolute atomic E-state index is 0.152. The van der Waals surface area contributed by atoms with E-state index in [4.69, 9.17) is 5.84 Å². The summed E-state index contributed by atoms with van der Waals surface area (Å²) in [6, 6.07) is 5.10. The minimum Gasteiger partial charge on any atom is -0.271 e. The van der Waals surface area contributed by atoms with Crippen LogP contribution >= 0.6 is 0 Å². The summed E-state index contributed by atoms with van der Waals surface area (Å²) in [4.78, 5) is 0. The fourth-order valence-electron chi connectivity index (χ4n) is 1.57. The maximum Gasteiger partial charge on any atom is 0.416 e. The van der Waals surface area contributed by atoms with Crippen LogP contribution in [-0.4, -0.2) is 6.04 Å². The number of halogens is 3. The second-order valence-corrected chi connectivity index (χ2v) is 3.90. The summed E-state index contributed by atoms with van der Waals surface area (Å²) in [6.07, 6.45) is -3.40. The summed E-state index contributed by atoms with van der Waals surface area (Å²) in [7, 11) is 0. The van der Waals surface area contributed by atoms with Gasteiger partial charge in [0, 0.05) is 12.5 Å². The van der Waals surface area contributed by atoms with Gasteiger partial charge in [0.1, 0.15) is 0 Å². The van der Waals surface area contributed by atoms with Gasteiger partial charge in [-0.2, -0.15) is 13.2 Å². The van der Waals surface area contributed by atoms with Crippen molar-refractivity contribution in [2.24, 2.45) is 5.84 Å². The van der Waals surface area contributed by atoms with Crippen LogP contribution in [0.5, 0.6) is 0 Å². The first kappa shape index (κ1) is 14.6. The summed E-state index contributed by atoms with van der Waals surface area (Å²) in [5.41, 5.74) is 2.51. The van der Waals surface area contributed by atoms with E-state index in [9.17, 15) is 13.2 Å². The maximum absolute atomic E-state index is 12.5. The lowest BCUT2D eigenvalue weighted by Crippen LogP contribution is -2.36. The molecule has 1 rings (SSSR count). The first-order valence-electron chi connectivity index (χ1n) is 5.49. The lowest BCUT2D eigenvalue weighted by atomic mass is 10.0. The van der Waals surface area contributed by atoms with Gasteiger partial charge in [-0.1, -0.05) is 18.2 Å². The van der Waals surface area contributed by atoms with E-state index in [0.717, 1.165) is 12.1 Å². The molecular weight excluding hydrogens is 241 g/mol. The SMILES string of the molecule is CC#CCC(Cc1cccc(C(F)(F)F)c1)NN. The molecule has 1 aromatic rings. The van der Waals surface area contributed by atoms with Crippen LogP contribution in [-0.2, 0) is 12.6 Å². The molecule has 0 bridgehead atoms. The molecule has 5 heteroatoms. The molecule has 0 amide bonds. The van der Waals surface area contributed by atoms with Gasteiger partial charge in [0.15, 0.2) is 0 Å². The summed E-state index contributed by atoms with van der Waals surface area (Å²) in [6.45, 7) is 1.71. The van der Waals surface area contributed by atoms with E-state index in [1.54, 1.807) is 13.0 Å². The smallest absolute Gasteiger partial charge is 0.271 e. The normalized spacial score (nSPS) is 12.7. The summed E-state index contributed by atoms with van der Waals surface area (Å²) >= 11 is 0. The highest BCUT2D eigenvalue weighted by molar-refractivity contribution is 5.26. The van der Waals surface area contributed by atoms with Gasteiger partial charge in [-0.15, -0.1) is 11.8 Å². The number of rotatable bonds is 4. The molecule has 1 aromatic carbocycles. The largest absolute Gasteiger partial charge is 0.416 e. The van der Waals surface area contributed by atoms with Gasteiger partial charge in [0.05, 0.1) is 5.56 Å². The first-order valence-corrected chi connectivity index (χ1v) is 5.49. The third-order valence-corrected chi connectivity index (χ3v) is 2.50. The van der Waals surface area contributed by atoms with Gasteiger partial charge in [-0.25, -0.2) is 0 Å². The number of hydrogen-bond donors (Lipinski definition) is 2. The van der Waals surface area contributed by atoms with Crippen LogP contribution in [0.3, 0.4) is 0 Å². The van der Waals surface area contributed by atoms with Crippen LogP contribution in [0.1, 0.15) is 24.5 Å². The highest BCUT2D eigenvalue weighted by Crippen LogP contribution is 2.29. The predicted octanol–water partition coefficient (Wildman–Crippen LogP) is 2.49. The van der Waals surface area contributed by atoms with E-state index in [0.29, 0.717) is 18.4 Å². The molecule has 2 nitrogen and oxygen atoms in total. The molecule has 0 spiro atoms. The fraction of sp³-hybridized carbons (Fsp3) is 0.385. The van der Waals surface area contributed by atoms with Crippen molar-refractivity contribution in [3.8, 4) is 11.8 Å². The van der Waals surface area contributed by atoms with Crippen molar-refractivity contribution >= 4 is 0 Å². The van der Waals surface area contributed by atoms with E-state index in [1.807, 2.05) is 0 Å². The van der Waals surface area contributed by atoms with Crippen LogP contribution in [0.15, 0.2) is 24.3 Å². The standard InChI is InChI=1S/C13H15F3N2/c1-2-3-7-12(18-17)9-10-5-4-6-11(8-10)13(14,15)16/h4-6,8,12,18H,7,9,17H2,1H3. The Morgan fingerprint density at radius 2 is 2.11 bits per heavy atom. The second kappa shape index (κ2) is 6.43. The average Bonchev–Trinajstić information content (AvgIpc) is 2.33. The third-order valence-electron chi connectivity index (χ3n) is 2.50. The monoisotopic (exact) mass is 256 g/mol. The molecule has 0 aliphatic heterocycles. The summed E-state index contributed by atoms with van der Waals surface area (Å²) in [5, 5.41) is 0. The van der Waals surface area contributed by atoms with Crippen molar-refractivity contribution in [2.75, 3.05) is 0 Å². The van der Waals surface area contributed by atoms with Crippen molar-refractivity contribution in [1.82, 2.24) is 5.43 Å². The topological polar surface area (TPSA) is 38.0 Å². The highest BCUT2D eigenvalue weighted by atomic mass is 19.4. The molecule has 18 heavy (non-hydrogen) atoms. The van der Waals surface area contributed by atoms with E-state index >= 15 is 0 Å². The van der Waals surface area contributed by atoms with Crippen molar-refractivity contribution in [3.63, 3.8) is 0 Å². The van der Waals surface area contributed by atoms with Crippen LogP contribution in [0.2, 0.25) is 0 Å². The quantitative estimate of drug-likeness (QED) is 0.493. The molecular formula is C13H15F3N2. The summed E-state index contributed by atoms with van der Waals surface area (Å²) < 4.78 is 37.6. The van der Waals surface area contributed by atoms with Gasteiger partial charge in [0.2, 0.25) is 0 Å². The number of benzene rings is 1. The summed E-state index contributed by atoms with van der Waals surface area (Å²) in [5.74, 6) is 10.9. The second-order valence-electron chi connectivity index (χ2n) is 3.90. The number of nitrogens with two attached hydrogens (primary N) is 1. The number of hydrazine groups is 1. The van der Waals surface area contributed by atoms with Crippen LogP contribution in [0.4, 0.5) is 13.2 Å². The molecule has 0 heterocycles. The molecule has 0 radical (unpaired) electrons. The molecule has 3 N–H and O–H groups in total. The Morgan fingerprint density at radius 1 is 1.39 bits per heavy atom. The van der Waals surface area contributed by atoms with E-state index in [2.05, 4.69) is 17.3 Å². The van der Waals surface area contributed by atoms with Crippen molar-refractivity contribution in [3.05, 3.63) is 35.4 Å². The van der Waals surface area contributed by atoms with E-state index in [1.165, 1.54) is 6.07 Å². The minimum atomic E-state index is -4.31. The molecule has 0 aromatic heterocycles. The first-order chi connectivity index (χ1) is 8.47. The van der Waals surface area contributed by atoms with Crippen LogP contribution < -0.4 is 11.3 Å². The molecule has 0 saturated heterocycles. The fourth-order valence-corrected chi connectivity index (χ4v) is 1.57. The third kappa shape index (κ3) is 4.40. The molecule has 0 saturated carbocycles. The molecule has 0 aliphatic carbocycles. The van der Waals surface area contributed by atoms with Gasteiger partial charge in [-0.3, -0.25) is 11.3 Å². The van der Waals surface area contributed by atoms with Crippen LogP contribution in [0.25, 0.3) is 0 Å². The number of hydrogen-bond acceptors (Lipinski definition) is 2. The Balaban J connectivity index is 2.79. The van der Waals surface area contributed by atoms with E-state index < -0.39 is 11.7 Å². The molecule has 1 atom stereocenters. The highest BCUT2D eigenvalue weighted by Gasteiger charge is 2.30. The van der Waals surface area contributed by atoms with Crippen LogP contribution in [0, 0.1) is 11.8 Å². The Kier molecular flexibility index (Phi) is 5.20. The zero-order valence-electron chi connectivity index (χ0n) is 10.0. The zero-order chi connectivity index (χ0) is 13.6. The van der Waals surface area contributed by atoms with Gasteiger partial charge in [0.25, 0.3) is 0 Å². The molecule has 0 aliphatic rings. The number of alkyl halides is 3. The zero-order valence-corrected chi connectivity index (χ0v) is 10.0. The number of nitrogens with one attached hydrogen (secondary N) is 1. The molecule has 1 unspecified atom stereocenters. The maximum atomic E-state index is 12.5. The van der Waals surface area contributed by atoms with E-state index in [-0.39, 0.29) is 6.04 Å². The molecule has 98 valence electrons. The van der Waals surface area contributed by atoms with Gasteiger partial charge < -0.3 is 0 Å². The van der Waals surface area contributed by atoms with Crippen molar-refractivity contribution < 1.29 is 13.2 Å².